The van der Waals surface area contributed by atoms with Crippen molar-refractivity contribution >= 4 is 21.9 Å². The van der Waals surface area contributed by atoms with Crippen molar-refractivity contribution in [3.8, 4) is 39.6 Å². The highest BCUT2D eigenvalue weighted by atomic mass is 16.3. The van der Waals surface area contributed by atoms with Gasteiger partial charge in [-0.05, 0) is 47.0 Å². The second-order valence-electron chi connectivity index (χ2n) is 7.92. The number of rotatable bonds is 3. The number of fused-ring (bicyclic) bond motifs is 3. The molecule has 4 aromatic carbocycles. The van der Waals surface area contributed by atoms with Gasteiger partial charge in [0.05, 0.1) is 17.3 Å². The van der Waals surface area contributed by atoms with Crippen LogP contribution in [0.3, 0.4) is 0 Å². The standard InChI is InChI=1S/C30H18N2O/c31-19-23-14-15-25-24-12-7-13-26(27-18-22(16-17-32-27)20-8-3-1-4-9-20)29(24)33-30(25)28(23)21-10-5-2-6-11-21/h1-18H. The minimum Gasteiger partial charge on any atom is -0.455 e. The summed E-state index contributed by atoms with van der Waals surface area (Å²) >= 11 is 0. The van der Waals surface area contributed by atoms with E-state index in [9.17, 15) is 5.26 Å². The van der Waals surface area contributed by atoms with E-state index < -0.39 is 0 Å². The third-order valence-electron chi connectivity index (χ3n) is 5.99. The average Bonchev–Trinajstić information content (AvgIpc) is 3.28. The molecule has 3 heteroatoms. The van der Waals surface area contributed by atoms with E-state index in [1.165, 1.54) is 0 Å². The number of furan rings is 1. The fraction of sp³-hybridized carbons (Fsp3) is 0. The Hall–Kier alpha value is -4.68. The van der Waals surface area contributed by atoms with E-state index in [0.717, 1.165) is 55.4 Å². The molecule has 0 spiro atoms. The Morgan fingerprint density at radius 3 is 2.12 bits per heavy atom. The molecule has 6 aromatic rings. The number of pyridine rings is 1. The molecule has 0 aliphatic rings. The summed E-state index contributed by atoms with van der Waals surface area (Å²) in [5, 5.41) is 11.8. The summed E-state index contributed by atoms with van der Waals surface area (Å²) in [6.45, 7) is 0. The second-order valence-corrected chi connectivity index (χ2v) is 7.92. The lowest BCUT2D eigenvalue weighted by atomic mass is 9.97. The molecule has 2 heterocycles. The zero-order valence-electron chi connectivity index (χ0n) is 17.7. The number of para-hydroxylation sites is 1. The van der Waals surface area contributed by atoms with Gasteiger partial charge in [0.25, 0.3) is 0 Å². The number of hydrogen-bond donors (Lipinski definition) is 0. The Labute approximate surface area is 191 Å². The van der Waals surface area contributed by atoms with Gasteiger partial charge in [-0.3, -0.25) is 4.98 Å². The van der Waals surface area contributed by atoms with Gasteiger partial charge in [0.2, 0.25) is 0 Å². The number of benzene rings is 4. The molecule has 0 aliphatic heterocycles. The van der Waals surface area contributed by atoms with Crippen molar-refractivity contribution in [3.05, 3.63) is 115 Å². The zero-order chi connectivity index (χ0) is 22.2. The lowest BCUT2D eigenvalue weighted by molar-refractivity contribution is 0.670. The van der Waals surface area contributed by atoms with Crippen LogP contribution >= 0.6 is 0 Å². The van der Waals surface area contributed by atoms with Gasteiger partial charge < -0.3 is 4.42 Å². The first-order chi connectivity index (χ1) is 16.3. The smallest absolute Gasteiger partial charge is 0.144 e. The first-order valence-corrected chi connectivity index (χ1v) is 10.8. The summed E-state index contributed by atoms with van der Waals surface area (Å²) in [6.07, 6.45) is 1.84. The molecule has 154 valence electrons. The lowest BCUT2D eigenvalue weighted by Gasteiger charge is -2.06. The molecule has 0 saturated carbocycles. The molecule has 0 aliphatic carbocycles. The van der Waals surface area contributed by atoms with Crippen LogP contribution in [0.2, 0.25) is 0 Å². The molecule has 2 aromatic heterocycles. The first kappa shape index (κ1) is 19.0. The lowest BCUT2D eigenvalue weighted by Crippen LogP contribution is -1.86. The third kappa shape index (κ3) is 3.17. The maximum Gasteiger partial charge on any atom is 0.144 e. The van der Waals surface area contributed by atoms with Crippen molar-refractivity contribution in [1.29, 1.82) is 5.26 Å². The minimum atomic E-state index is 0.596. The molecule has 0 atom stereocenters. The van der Waals surface area contributed by atoms with Gasteiger partial charge in [0.15, 0.2) is 0 Å². The van der Waals surface area contributed by atoms with Crippen LogP contribution in [0.15, 0.2) is 114 Å². The maximum atomic E-state index is 9.78. The van der Waals surface area contributed by atoms with Crippen LogP contribution in [0.5, 0.6) is 0 Å². The highest BCUT2D eigenvalue weighted by Gasteiger charge is 2.19. The molecule has 0 N–H and O–H groups in total. The van der Waals surface area contributed by atoms with Crippen molar-refractivity contribution in [1.82, 2.24) is 4.98 Å². The molecule has 0 radical (unpaired) electrons. The van der Waals surface area contributed by atoms with Gasteiger partial charge in [-0.2, -0.15) is 5.26 Å². The molecular formula is C30H18N2O. The van der Waals surface area contributed by atoms with E-state index in [1.807, 2.05) is 85.1 Å². The monoisotopic (exact) mass is 422 g/mol. The first-order valence-electron chi connectivity index (χ1n) is 10.8. The molecule has 33 heavy (non-hydrogen) atoms. The Morgan fingerprint density at radius 1 is 0.636 bits per heavy atom. The largest absolute Gasteiger partial charge is 0.455 e. The van der Waals surface area contributed by atoms with Crippen LogP contribution in [0.1, 0.15) is 5.56 Å². The summed E-state index contributed by atoms with van der Waals surface area (Å²) in [5.41, 5.74) is 7.90. The van der Waals surface area contributed by atoms with E-state index in [2.05, 4.69) is 35.3 Å². The van der Waals surface area contributed by atoms with Crippen molar-refractivity contribution < 1.29 is 4.42 Å². The van der Waals surface area contributed by atoms with E-state index in [1.54, 1.807) is 0 Å². The van der Waals surface area contributed by atoms with Crippen LogP contribution in [-0.2, 0) is 0 Å². The van der Waals surface area contributed by atoms with Gasteiger partial charge in [-0.25, -0.2) is 0 Å². The molecule has 0 bridgehead atoms. The quantitative estimate of drug-likeness (QED) is 0.292. The summed E-state index contributed by atoms with van der Waals surface area (Å²) in [6, 6.07) is 36.6. The molecular weight excluding hydrogens is 404 g/mol. The minimum absolute atomic E-state index is 0.596. The Morgan fingerprint density at radius 2 is 1.36 bits per heavy atom. The van der Waals surface area contributed by atoms with Crippen LogP contribution in [-0.4, -0.2) is 4.98 Å². The summed E-state index contributed by atoms with van der Waals surface area (Å²) in [4.78, 5) is 4.66. The van der Waals surface area contributed by atoms with Crippen LogP contribution in [0, 0.1) is 11.3 Å². The van der Waals surface area contributed by atoms with Crippen molar-refractivity contribution in [3.63, 3.8) is 0 Å². The summed E-state index contributed by atoms with van der Waals surface area (Å²) in [7, 11) is 0. The van der Waals surface area contributed by atoms with Crippen molar-refractivity contribution in [2.24, 2.45) is 0 Å². The highest BCUT2D eigenvalue weighted by molar-refractivity contribution is 6.13. The molecule has 0 fully saturated rings. The van der Waals surface area contributed by atoms with Crippen LogP contribution in [0.25, 0.3) is 55.4 Å². The van der Waals surface area contributed by atoms with Gasteiger partial charge in [0.1, 0.15) is 11.2 Å². The number of hydrogen-bond acceptors (Lipinski definition) is 3. The number of nitriles is 1. The predicted octanol–water partition coefficient (Wildman–Crippen LogP) is 7.85. The Balaban J connectivity index is 1.61. The van der Waals surface area contributed by atoms with E-state index >= 15 is 0 Å². The summed E-state index contributed by atoms with van der Waals surface area (Å²) < 4.78 is 6.52. The second kappa shape index (κ2) is 7.78. The number of aromatic nitrogens is 1. The van der Waals surface area contributed by atoms with Crippen LogP contribution < -0.4 is 0 Å². The topological polar surface area (TPSA) is 49.8 Å². The van der Waals surface area contributed by atoms with Crippen LogP contribution in [0.4, 0.5) is 0 Å². The van der Waals surface area contributed by atoms with Gasteiger partial charge >= 0.3 is 0 Å². The summed E-state index contributed by atoms with van der Waals surface area (Å²) in [5.74, 6) is 0. The fourth-order valence-electron chi connectivity index (χ4n) is 4.44. The van der Waals surface area contributed by atoms with E-state index in [-0.39, 0.29) is 0 Å². The van der Waals surface area contributed by atoms with Crippen molar-refractivity contribution in [2.45, 2.75) is 0 Å². The fourth-order valence-corrected chi connectivity index (χ4v) is 4.44. The molecule has 3 nitrogen and oxygen atoms in total. The Bertz CT molecular complexity index is 1660. The normalized spacial score (nSPS) is 11.0. The Kier molecular flexibility index (Phi) is 4.49. The van der Waals surface area contributed by atoms with Crippen molar-refractivity contribution in [2.75, 3.05) is 0 Å². The highest BCUT2D eigenvalue weighted by Crippen LogP contribution is 2.41. The average molecular weight is 422 g/mol. The van der Waals surface area contributed by atoms with E-state index in [0.29, 0.717) is 5.56 Å². The SMILES string of the molecule is N#Cc1ccc2c(oc3c(-c4cc(-c5ccccc5)ccn4)cccc32)c1-c1ccccc1. The molecule has 0 amide bonds. The third-order valence-corrected chi connectivity index (χ3v) is 5.99. The zero-order valence-corrected chi connectivity index (χ0v) is 17.7. The van der Waals surface area contributed by atoms with E-state index in [4.69, 9.17) is 4.42 Å². The molecule has 0 saturated heterocycles. The molecule has 0 unspecified atom stereocenters. The predicted molar refractivity (Wildman–Crippen MR) is 133 cm³/mol. The number of nitrogens with zero attached hydrogens (tertiary/aromatic N) is 2. The maximum absolute atomic E-state index is 9.78. The van der Waals surface area contributed by atoms with Gasteiger partial charge in [0, 0.05) is 28.1 Å². The molecule has 6 rings (SSSR count). The van der Waals surface area contributed by atoms with Gasteiger partial charge in [-0.15, -0.1) is 0 Å². The van der Waals surface area contributed by atoms with Gasteiger partial charge in [-0.1, -0.05) is 72.8 Å².